The molecule has 0 radical (unpaired) electrons. The Hall–Kier alpha value is -3.25. The van der Waals surface area contributed by atoms with Gasteiger partial charge in [0, 0.05) is 24.8 Å². The number of anilines is 2. The molecule has 1 saturated heterocycles. The van der Waals surface area contributed by atoms with Crippen molar-refractivity contribution in [2.75, 3.05) is 36.9 Å². The van der Waals surface area contributed by atoms with Crippen molar-refractivity contribution in [3.63, 3.8) is 0 Å². The molecule has 0 spiro atoms. The molecule has 4 rings (SSSR count). The first-order valence-corrected chi connectivity index (χ1v) is 12.2. The predicted octanol–water partition coefficient (Wildman–Crippen LogP) is 3.69. The number of sulfone groups is 1. The first-order valence-electron chi connectivity index (χ1n) is 10.8. The number of alkyl halides is 3. The minimum absolute atomic E-state index is 0.0535. The molecule has 8 nitrogen and oxygen atoms in total. The van der Waals surface area contributed by atoms with E-state index in [9.17, 15) is 21.6 Å². The highest BCUT2D eigenvalue weighted by Gasteiger charge is 2.41. The van der Waals surface area contributed by atoms with Crippen LogP contribution < -0.4 is 10.6 Å². The van der Waals surface area contributed by atoms with Crippen molar-refractivity contribution in [1.82, 2.24) is 15.0 Å². The number of morpholine rings is 1. The maximum Gasteiger partial charge on any atom is 0.417 e. The number of hydrogen-bond acceptors (Lipinski definition) is 8. The molecule has 0 aliphatic carbocycles. The monoisotopic (exact) mass is 507 g/mol. The Bertz CT molecular complexity index is 1330. The first-order chi connectivity index (χ1) is 16.4. The van der Waals surface area contributed by atoms with Gasteiger partial charge < -0.3 is 15.4 Å². The second-order valence-corrected chi connectivity index (χ2v) is 11.0. The van der Waals surface area contributed by atoms with Crippen LogP contribution in [0.3, 0.4) is 0 Å². The number of nitrogen functional groups attached to an aromatic ring is 1. The molecule has 3 aromatic rings. The summed E-state index contributed by atoms with van der Waals surface area (Å²) in [5, 5.41) is 0. The maximum atomic E-state index is 13.9. The fourth-order valence-electron chi connectivity index (χ4n) is 3.73. The van der Waals surface area contributed by atoms with Crippen molar-refractivity contribution in [3.05, 3.63) is 59.9 Å². The molecule has 2 N–H and O–H groups in total. The van der Waals surface area contributed by atoms with Crippen LogP contribution >= 0.6 is 0 Å². The molecule has 2 aromatic heterocycles. The third kappa shape index (κ3) is 4.80. The van der Waals surface area contributed by atoms with Crippen molar-refractivity contribution >= 4 is 21.6 Å². The van der Waals surface area contributed by atoms with E-state index in [1.165, 1.54) is 32.0 Å². The van der Waals surface area contributed by atoms with E-state index in [0.717, 1.165) is 12.3 Å². The standard InChI is InChI=1S/C23H24F3N5O3S/c1-22(2,35(32,33)15-6-4-3-5-7-15)19-13-18(29-21(30-19)31-8-10-34-11-9-31)16-14-28-20(27)12-17(16)23(24,25)26/h3-7,12-14H,8-11H2,1-2H3,(H2,27,28). The van der Waals surface area contributed by atoms with Crippen molar-refractivity contribution < 1.29 is 26.3 Å². The normalized spacial score (nSPS) is 15.3. The van der Waals surface area contributed by atoms with Gasteiger partial charge in [-0.15, -0.1) is 0 Å². The summed E-state index contributed by atoms with van der Waals surface area (Å²) in [6.45, 7) is 4.51. The van der Waals surface area contributed by atoms with E-state index in [1.54, 1.807) is 23.1 Å². The lowest BCUT2D eigenvalue weighted by Gasteiger charge is -2.30. The van der Waals surface area contributed by atoms with Gasteiger partial charge in [-0.05, 0) is 38.1 Å². The van der Waals surface area contributed by atoms with Crippen LogP contribution in [0.4, 0.5) is 24.9 Å². The average Bonchev–Trinajstić information content (AvgIpc) is 2.84. The van der Waals surface area contributed by atoms with Crippen LogP contribution in [0.5, 0.6) is 0 Å². The predicted molar refractivity (Wildman–Crippen MR) is 124 cm³/mol. The number of halogens is 3. The molecule has 0 bridgehead atoms. The number of benzene rings is 1. The van der Waals surface area contributed by atoms with E-state index in [1.807, 2.05) is 0 Å². The molecule has 186 valence electrons. The van der Waals surface area contributed by atoms with Crippen molar-refractivity contribution in [2.45, 2.75) is 29.7 Å². The Labute approximate surface area is 200 Å². The van der Waals surface area contributed by atoms with Crippen molar-refractivity contribution in [3.8, 4) is 11.3 Å². The molecule has 35 heavy (non-hydrogen) atoms. The highest BCUT2D eigenvalue weighted by Crippen LogP contribution is 2.40. The van der Waals surface area contributed by atoms with Gasteiger partial charge in [0.1, 0.15) is 10.6 Å². The van der Waals surface area contributed by atoms with Gasteiger partial charge in [0.2, 0.25) is 5.95 Å². The summed E-state index contributed by atoms with van der Waals surface area (Å²) in [6, 6.07) is 9.83. The minimum atomic E-state index is -4.73. The second kappa shape index (κ2) is 9.08. The summed E-state index contributed by atoms with van der Waals surface area (Å²) < 4.78 is 72.5. The number of pyridine rings is 1. The van der Waals surface area contributed by atoms with Crippen LogP contribution in [0.15, 0.2) is 53.6 Å². The Kier molecular flexibility index (Phi) is 6.45. The molecule has 0 unspecified atom stereocenters. The van der Waals surface area contributed by atoms with E-state index < -0.39 is 26.3 Å². The summed E-state index contributed by atoms with van der Waals surface area (Å²) in [5.41, 5.74) is 4.13. The smallest absolute Gasteiger partial charge is 0.384 e. The molecule has 3 heterocycles. The number of hydrogen-bond donors (Lipinski definition) is 1. The third-order valence-corrected chi connectivity index (χ3v) is 8.30. The summed E-state index contributed by atoms with van der Waals surface area (Å²) in [5.74, 6) is -0.183. The number of aromatic nitrogens is 3. The van der Waals surface area contributed by atoms with Crippen LogP contribution in [-0.4, -0.2) is 49.7 Å². The van der Waals surface area contributed by atoms with E-state index in [2.05, 4.69) is 15.0 Å². The summed E-state index contributed by atoms with van der Waals surface area (Å²) >= 11 is 0. The Balaban J connectivity index is 1.94. The van der Waals surface area contributed by atoms with E-state index in [4.69, 9.17) is 10.5 Å². The molecule has 0 atom stereocenters. The zero-order valence-corrected chi connectivity index (χ0v) is 19.9. The van der Waals surface area contributed by atoms with Gasteiger partial charge in [0.15, 0.2) is 9.84 Å². The molecule has 1 aromatic carbocycles. The lowest BCUT2D eigenvalue weighted by atomic mass is 10.0. The highest BCUT2D eigenvalue weighted by atomic mass is 32.2. The maximum absolute atomic E-state index is 13.9. The quantitative estimate of drug-likeness (QED) is 0.557. The van der Waals surface area contributed by atoms with Crippen molar-refractivity contribution in [1.29, 1.82) is 0 Å². The van der Waals surface area contributed by atoms with E-state index in [0.29, 0.717) is 26.3 Å². The second-order valence-electron chi connectivity index (χ2n) is 8.52. The largest absolute Gasteiger partial charge is 0.417 e. The van der Waals surface area contributed by atoms with Gasteiger partial charge in [-0.25, -0.2) is 23.4 Å². The molecule has 1 fully saturated rings. The average molecular weight is 508 g/mol. The number of nitrogens with two attached hydrogens (primary N) is 1. The third-order valence-electron chi connectivity index (χ3n) is 5.86. The lowest BCUT2D eigenvalue weighted by Crippen LogP contribution is -2.38. The van der Waals surface area contributed by atoms with Crippen LogP contribution in [0.2, 0.25) is 0 Å². The molecular formula is C23H24F3N5O3S. The fraction of sp³-hybridized carbons (Fsp3) is 0.348. The van der Waals surface area contributed by atoms with Crippen molar-refractivity contribution in [2.24, 2.45) is 0 Å². The molecule has 1 aliphatic heterocycles. The van der Waals surface area contributed by atoms with E-state index in [-0.39, 0.29) is 33.6 Å². The topological polar surface area (TPSA) is 111 Å². The number of nitrogens with zero attached hydrogens (tertiary/aromatic N) is 4. The van der Waals surface area contributed by atoms with Gasteiger partial charge in [0.05, 0.1) is 35.1 Å². The van der Waals surface area contributed by atoms with Gasteiger partial charge >= 0.3 is 6.18 Å². The van der Waals surface area contributed by atoms with Gasteiger partial charge in [0.25, 0.3) is 0 Å². The summed E-state index contributed by atoms with van der Waals surface area (Å²) in [6.07, 6.45) is -3.74. The number of ether oxygens (including phenoxy) is 1. The van der Waals surface area contributed by atoms with Crippen LogP contribution in [-0.2, 0) is 25.5 Å². The minimum Gasteiger partial charge on any atom is -0.384 e. The highest BCUT2D eigenvalue weighted by molar-refractivity contribution is 7.92. The van der Waals surface area contributed by atoms with Crippen LogP contribution in [0.1, 0.15) is 25.1 Å². The zero-order chi connectivity index (χ0) is 25.4. The van der Waals surface area contributed by atoms with Gasteiger partial charge in [-0.2, -0.15) is 13.2 Å². The molecular weight excluding hydrogens is 483 g/mol. The SMILES string of the molecule is CC(C)(c1cc(-c2cnc(N)cc2C(F)(F)F)nc(N2CCOCC2)n1)S(=O)(=O)c1ccccc1. The summed E-state index contributed by atoms with van der Waals surface area (Å²) in [7, 11) is -3.97. The molecule has 0 saturated carbocycles. The van der Waals surface area contributed by atoms with E-state index >= 15 is 0 Å². The molecule has 0 amide bonds. The Morgan fingerprint density at radius 3 is 2.31 bits per heavy atom. The fourth-order valence-corrected chi connectivity index (χ4v) is 5.21. The van der Waals surface area contributed by atoms with Gasteiger partial charge in [-0.3, -0.25) is 0 Å². The zero-order valence-electron chi connectivity index (χ0n) is 19.1. The number of rotatable bonds is 5. The molecule has 1 aliphatic rings. The Morgan fingerprint density at radius 2 is 1.69 bits per heavy atom. The molecule has 12 heteroatoms. The first kappa shape index (κ1) is 24.9. The summed E-state index contributed by atoms with van der Waals surface area (Å²) in [4.78, 5) is 14.5. The lowest BCUT2D eigenvalue weighted by molar-refractivity contribution is -0.137. The van der Waals surface area contributed by atoms with Gasteiger partial charge in [-0.1, -0.05) is 18.2 Å². The van der Waals surface area contributed by atoms with Crippen LogP contribution in [0.25, 0.3) is 11.3 Å². The van der Waals surface area contributed by atoms with Crippen LogP contribution in [0, 0.1) is 0 Å². The Morgan fingerprint density at radius 1 is 1.03 bits per heavy atom.